The van der Waals surface area contributed by atoms with Crippen molar-refractivity contribution in [3.63, 3.8) is 0 Å². The molecule has 94 valence electrons. The van der Waals surface area contributed by atoms with Gasteiger partial charge in [-0.05, 0) is 31.6 Å². The first-order valence-corrected chi connectivity index (χ1v) is 7.35. The Morgan fingerprint density at radius 3 is 2.59 bits per heavy atom. The van der Waals surface area contributed by atoms with Gasteiger partial charge in [0.15, 0.2) is 0 Å². The highest BCUT2D eigenvalue weighted by Crippen LogP contribution is 2.36. The first-order valence-electron chi connectivity index (χ1n) is 6.54. The topological polar surface area (TPSA) is 30.0 Å². The molecule has 3 heteroatoms. The number of hydrogen-bond donors (Lipinski definition) is 0. The van der Waals surface area contributed by atoms with E-state index in [1.165, 1.54) is 15.6 Å². The van der Waals surface area contributed by atoms with E-state index >= 15 is 0 Å². The molecule has 0 radical (unpaired) electrons. The lowest BCUT2D eigenvalue weighted by Gasteiger charge is -2.19. The van der Waals surface area contributed by atoms with Gasteiger partial charge in [0.2, 0.25) is 0 Å². The molecule has 0 atom stereocenters. The van der Waals surface area contributed by atoms with E-state index in [9.17, 15) is 4.79 Å². The molecule has 1 saturated carbocycles. The van der Waals surface area contributed by atoms with Crippen molar-refractivity contribution >= 4 is 17.1 Å². The van der Waals surface area contributed by atoms with Crippen LogP contribution in [0.5, 0.6) is 0 Å². The molecule has 2 nitrogen and oxygen atoms in total. The zero-order chi connectivity index (χ0) is 12.4. The van der Waals surface area contributed by atoms with Crippen molar-refractivity contribution in [2.45, 2.75) is 58.8 Å². The van der Waals surface area contributed by atoms with E-state index in [0.29, 0.717) is 17.6 Å². The van der Waals surface area contributed by atoms with Gasteiger partial charge in [0, 0.05) is 24.1 Å². The zero-order valence-electron chi connectivity index (χ0n) is 11.0. The van der Waals surface area contributed by atoms with E-state index in [-0.39, 0.29) is 0 Å². The second kappa shape index (κ2) is 5.30. The second-order valence-corrected chi connectivity index (χ2v) is 6.58. The third kappa shape index (κ3) is 3.15. The van der Waals surface area contributed by atoms with Crippen LogP contribution in [0.1, 0.15) is 61.0 Å². The minimum absolute atomic E-state index is 0.436. The van der Waals surface area contributed by atoms with Crippen molar-refractivity contribution in [2.24, 2.45) is 5.92 Å². The van der Waals surface area contributed by atoms with Crippen LogP contribution >= 0.6 is 11.3 Å². The van der Waals surface area contributed by atoms with Crippen molar-refractivity contribution in [3.8, 4) is 0 Å². The number of aryl methyl sites for hydroxylation is 1. The number of aromatic nitrogens is 1. The lowest BCUT2D eigenvalue weighted by Crippen LogP contribution is -2.12. The Kier molecular flexibility index (Phi) is 3.97. The molecule has 1 aromatic rings. The van der Waals surface area contributed by atoms with Crippen molar-refractivity contribution in [1.29, 1.82) is 0 Å². The largest absolute Gasteiger partial charge is 0.300 e. The number of carbonyl (C=O) groups is 1. The summed E-state index contributed by atoms with van der Waals surface area (Å²) in [6, 6.07) is 0. The molecular formula is C14H21NOS. The average molecular weight is 251 g/mol. The fourth-order valence-electron chi connectivity index (χ4n) is 2.48. The average Bonchev–Trinajstić information content (AvgIpc) is 2.59. The van der Waals surface area contributed by atoms with Crippen molar-refractivity contribution in [2.75, 3.05) is 0 Å². The highest BCUT2D eigenvalue weighted by molar-refractivity contribution is 7.11. The van der Waals surface area contributed by atoms with Crippen LogP contribution < -0.4 is 0 Å². The van der Waals surface area contributed by atoms with E-state index in [4.69, 9.17) is 0 Å². The molecular weight excluding hydrogens is 230 g/mol. The van der Waals surface area contributed by atoms with Gasteiger partial charge in [0.25, 0.3) is 0 Å². The number of thiazole rings is 1. The summed E-state index contributed by atoms with van der Waals surface area (Å²) >= 11 is 1.87. The molecule has 0 saturated heterocycles. The maximum atomic E-state index is 11.3. The van der Waals surface area contributed by atoms with E-state index in [2.05, 4.69) is 25.8 Å². The SMILES string of the molecule is Cc1nc(CC(C)C)sc1C1CCC(=O)CC1. The molecule has 17 heavy (non-hydrogen) atoms. The van der Waals surface area contributed by atoms with Crippen LogP contribution in [-0.2, 0) is 11.2 Å². The third-order valence-corrected chi connectivity index (χ3v) is 4.72. The van der Waals surface area contributed by atoms with Gasteiger partial charge >= 0.3 is 0 Å². The zero-order valence-corrected chi connectivity index (χ0v) is 11.8. The van der Waals surface area contributed by atoms with Gasteiger partial charge in [-0.1, -0.05) is 13.8 Å². The van der Waals surface area contributed by atoms with Gasteiger partial charge in [-0.2, -0.15) is 0 Å². The summed E-state index contributed by atoms with van der Waals surface area (Å²) in [5.41, 5.74) is 1.20. The predicted octanol–water partition coefficient (Wildman–Crippen LogP) is 3.88. The molecule has 0 aliphatic heterocycles. The fourth-order valence-corrected chi connectivity index (χ4v) is 3.93. The van der Waals surface area contributed by atoms with Gasteiger partial charge in [0.05, 0.1) is 10.7 Å². The number of hydrogen-bond acceptors (Lipinski definition) is 3. The maximum Gasteiger partial charge on any atom is 0.132 e. The molecule has 2 rings (SSSR count). The summed E-state index contributed by atoms with van der Waals surface area (Å²) in [7, 11) is 0. The number of rotatable bonds is 3. The molecule has 0 amide bonds. The summed E-state index contributed by atoms with van der Waals surface area (Å²) in [6.07, 6.45) is 4.67. The molecule has 0 bridgehead atoms. The minimum Gasteiger partial charge on any atom is -0.300 e. The Morgan fingerprint density at radius 2 is 2.00 bits per heavy atom. The molecule has 1 heterocycles. The van der Waals surface area contributed by atoms with Gasteiger partial charge in [-0.25, -0.2) is 4.98 Å². The molecule has 0 N–H and O–H groups in total. The summed E-state index contributed by atoms with van der Waals surface area (Å²) in [5, 5.41) is 1.27. The smallest absolute Gasteiger partial charge is 0.132 e. The van der Waals surface area contributed by atoms with Crippen molar-refractivity contribution < 1.29 is 4.79 Å². The standard InChI is InChI=1S/C14H21NOS/c1-9(2)8-13-15-10(3)14(17-13)11-4-6-12(16)7-5-11/h9,11H,4-8H2,1-3H3. The van der Waals surface area contributed by atoms with Crippen LogP contribution in [0.4, 0.5) is 0 Å². The van der Waals surface area contributed by atoms with E-state index in [1.54, 1.807) is 0 Å². The number of nitrogens with zero attached hydrogens (tertiary/aromatic N) is 1. The molecule has 1 aliphatic carbocycles. The quantitative estimate of drug-likeness (QED) is 0.816. The minimum atomic E-state index is 0.436. The van der Waals surface area contributed by atoms with Crippen LogP contribution in [0.2, 0.25) is 0 Å². The Labute approximate surface area is 107 Å². The summed E-state index contributed by atoms with van der Waals surface area (Å²) in [5.74, 6) is 1.69. The molecule has 1 fully saturated rings. The van der Waals surface area contributed by atoms with E-state index < -0.39 is 0 Å². The molecule has 1 aromatic heterocycles. The van der Waals surface area contributed by atoms with Crippen molar-refractivity contribution in [1.82, 2.24) is 4.98 Å². The van der Waals surface area contributed by atoms with Crippen LogP contribution in [0.25, 0.3) is 0 Å². The van der Waals surface area contributed by atoms with Gasteiger partial charge in [-0.3, -0.25) is 4.79 Å². The van der Waals surface area contributed by atoms with Gasteiger partial charge in [0.1, 0.15) is 5.78 Å². The second-order valence-electron chi connectivity index (χ2n) is 5.47. The molecule has 0 unspecified atom stereocenters. The number of ketones is 1. The highest BCUT2D eigenvalue weighted by Gasteiger charge is 2.24. The lowest BCUT2D eigenvalue weighted by atomic mass is 9.87. The first kappa shape index (κ1) is 12.7. The fraction of sp³-hybridized carbons (Fsp3) is 0.714. The monoisotopic (exact) mass is 251 g/mol. The van der Waals surface area contributed by atoms with E-state index in [1.807, 2.05) is 11.3 Å². The van der Waals surface area contributed by atoms with Crippen LogP contribution in [0.3, 0.4) is 0 Å². The molecule has 0 spiro atoms. The summed E-state index contributed by atoms with van der Waals surface area (Å²) < 4.78 is 0. The number of carbonyl (C=O) groups excluding carboxylic acids is 1. The van der Waals surface area contributed by atoms with Crippen LogP contribution in [0.15, 0.2) is 0 Å². The van der Waals surface area contributed by atoms with Gasteiger partial charge < -0.3 is 0 Å². The van der Waals surface area contributed by atoms with Gasteiger partial charge in [-0.15, -0.1) is 11.3 Å². The predicted molar refractivity (Wildman–Crippen MR) is 71.6 cm³/mol. The summed E-state index contributed by atoms with van der Waals surface area (Å²) in [4.78, 5) is 17.4. The Morgan fingerprint density at radius 1 is 1.35 bits per heavy atom. The lowest BCUT2D eigenvalue weighted by molar-refractivity contribution is -0.120. The normalized spacial score (nSPS) is 18.0. The Hall–Kier alpha value is -0.700. The highest BCUT2D eigenvalue weighted by atomic mass is 32.1. The first-order chi connectivity index (χ1) is 8.06. The maximum absolute atomic E-state index is 11.3. The Balaban J connectivity index is 2.10. The van der Waals surface area contributed by atoms with E-state index in [0.717, 1.165) is 32.1 Å². The third-order valence-electron chi connectivity index (χ3n) is 3.37. The number of Topliss-reactive ketones (excluding diaryl/α,β-unsaturated/α-hetero) is 1. The Bertz CT molecular complexity index is 398. The van der Waals surface area contributed by atoms with Crippen LogP contribution in [0, 0.1) is 12.8 Å². The van der Waals surface area contributed by atoms with Crippen molar-refractivity contribution in [3.05, 3.63) is 15.6 Å². The molecule has 1 aliphatic rings. The van der Waals surface area contributed by atoms with Crippen LogP contribution in [-0.4, -0.2) is 10.8 Å². The molecule has 0 aromatic carbocycles. The summed E-state index contributed by atoms with van der Waals surface area (Å²) in [6.45, 7) is 6.58.